The largest absolute Gasteiger partial charge is 0.356 e. The van der Waals surface area contributed by atoms with Gasteiger partial charge in [0, 0.05) is 51.4 Å². The number of nitrogens with zero attached hydrogens (tertiary/aromatic N) is 4. The van der Waals surface area contributed by atoms with Crippen LogP contribution in [0.2, 0.25) is 0 Å². The van der Waals surface area contributed by atoms with Gasteiger partial charge in [0.25, 0.3) is 5.91 Å². The van der Waals surface area contributed by atoms with Gasteiger partial charge in [-0.3, -0.25) is 14.5 Å². The van der Waals surface area contributed by atoms with Gasteiger partial charge in [-0.25, -0.2) is 4.98 Å². The van der Waals surface area contributed by atoms with Crippen molar-refractivity contribution in [1.29, 1.82) is 0 Å². The lowest BCUT2D eigenvalue weighted by Gasteiger charge is -2.35. The van der Waals surface area contributed by atoms with Gasteiger partial charge in [0.1, 0.15) is 11.5 Å². The standard InChI is InChI=1S/C24H41N5O2/c1-7-27(8-2)24(31)20-11-10-15-28(17-20)22-13-9-12-21(26-22)23(30)25-14-16-29(18(3)4)19(5)6/h9,12-13,18-20H,7-8,10-11,14-17H2,1-6H3,(H,25,30). The molecule has 1 N–H and O–H groups in total. The minimum Gasteiger partial charge on any atom is -0.356 e. The molecular formula is C24H41N5O2. The quantitative estimate of drug-likeness (QED) is 0.617. The van der Waals surface area contributed by atoms with Gasteiger partial charge in [-0.05, 0) is 66.5 Å². The van der Waals surface area contributed by atoms with Crippen LogP contribution in [0.4, 0.5) is 5.82 Å². The summed E-state index contributed by atoms with van der Waals surface area (Å²) in [6.45, 7) is 17.1. The highest BCUT2D eigenvalue weighted by Gasteiger charge is 2.29. The summed E-state index contributed by atoms with van der Waals surface area (Å²) in [5, 5.41) is 3.00. The molecule has 1 atom stereocenters. The number of carbonyl (C=O) groups is 2. The summed E-state index contributed by atoms with van der Waals surface area (Å²) in [5.74, 6) is 0.840. The summed E-state index contributed by atoms with van der Waals surface area (Å²) in [6.07, 6.45) is 1.87. The van der Waals surface area contributed by atoms with Crippen molar-refractivity contribution in [2.45, 2.75) is 66.5 Å². The van der Waals surface area contributed by atoms with Crippen LogP contribution in [0.15, 0.2) is 18.2 Å². The lowest BCUT2D eigenvalue weighted by molar-refractivity contribution is -0.135. The fourth-order valence-corrected chi connectivity index (χ4v) is 4.41. The summed E-state index contributed by atoms with van der Waals surface area (Å²) >= 11 is 0. The number of piperidine rings is 1. The van der Waals surface area contributed by atoms with E-state index in [9.17, 15) is 9.59 Å². The third kappa shape index (κ3) is 6.92. The second-order valence-electron chi connectivity index (χ2n) is 8.86. The molecule has 0 aromatic carbocycles. The van der Waals surface area contributed by atoms with Gasteiger partial charge >= 0.3 is 0 Å². The number of amides is 2. The molecule has 0 spiro atoms. The number of aromatic nitrogens is 1. The Labute approximate surface area is 188 Å². The first kappa shape index (κ1) is 25.1. The van der Waals surface area contributed by atoms with Gasteiger partial charge < -0.3 is 15.1 Å². The number of anilines is 1. The van der Waals surface area contributed by atoms with Crippen molar-refractivity contribution in [3.8, 4) is 0 Å². The Morgan fingerprint density at radius 3 is 2.45 bits per heavy atom. The van der Waals surface area contributed by atoms with Crippen LogP contribution in [0.5, 0.6) is 0 Å². The highest BCUT2D eigenvalue weighted by atomic mass is 16.2. The monoisotopic (exact) mass is 431 g/mol. The van der Waals surface area contributed by atoms with Crippen molar-refractivity contribution in [3.63, 3.8) is 0 Å². The third-order valence-corrected chi connectivity index (χ3v) is 6.12. The molecule has 0 aliphatic carbocycles. The van der Waals surface area contributed by atoms with Crippen molar-refractivity contribution in [3.05, 3.63) is 23.9 Å². The molecule has 1 unspecified atom stereocenters. The van der Waals surface area contributed by atoms with E-state index in [2.05, 4.69) is 47.8 Å². The molecule has 0 saturated carbocycles. The Kier molecular flexibility index (Phi) is 9.75. The highest BCUT2D eigenvalue weighted by Crippen LogP contribution is 2.23. The predicted molar refractivity (Wildman–Crippen MR) is 126 cm³/mol. The van der Waals surface area contributed by atoms with Crippen LogP contribution < -0.4 is 10.2 Å². The average molecular weight is 432 g/mol. The second-order valence-corrected chi connectivity index (χ2v) is 8.86. The van der Waals surface area contributed by atoms with Crippen LogP contribution >= 0.6 is 0 Å². The van der Waals surface area contributed by atoms with Gasteiger partial charge in [0.2, 0.25) is 5.91 Å². The molecule has 1 saturated heterocycles. The first-order chi connectivity index (χ1) is 14.8. The fraction of sp³-hybridized carbons (Fsp3) is 0.708. The topological polar surface area (TPSA) is 68.8 Å². The van der Waals surface area contributed by atoms with E-state index in [0.717, 1.165) is 44.8 Å². The summed E-state index contributed by atoms with van der Waals surface area (Å²) in [7, 11) is 0. The number of hydrogen-bond donors (Lipinski definition) is 1. The van der Waals surface area contributed by atoms with E-state index in [-0.39, 0.29) is 17.7 Å². The van der Waals surface area contributed by atoms with E-state index >= 15 is 0 Å². The molecule has 31 heavy (non-hydrogen) atoms. The highest BCUT2D eigenvalue weighted by molar-refractivity contribution is 5.92. The fourth-order valence-electron chi connectivity index (χ4n) is 4.41. The van der Waals surface area contributed by atoms with Gasteiger partial charge in [-0.2, -0.15) is 0 Å². The number of pyridine rings is 1. The van der Waals surface area contributed by atoms with E-state index in [0.29, 0.717) is 30.9 Å². The van der Waals surface area contributed by atoms with E-state index in [1.165, 1.54) is 0 Å². The lowest BCUT2D eigenvalue weighted by Crippen LogP contribution is -2.45. The molecule has 2 rings (SSSR count). The van der Waals surface area contributed by atoms with Crippen LogP contribution in [0.25, 0.3) is 0 Å². The van der Waals surface area contributed by atoms with Crippen molar-refractivity contribution < 1.29 is 9.59 Å². The van der Waals surface area contributed by atoms with Gasteiger partial charge in [-0.1, -0.05) is 6.07 Å². The Hall–Kier alpha value is -2.15. The summed E-state index contributed by atoms with van der Waals surface area (Å²) < 4.78 is 0. The van der Waals surface area contributed by atoms with Crippen LogP contribution in [0.3, 0.4) is 0 Å². The molecule has 0 bridgehead atoms. The minimum absolute atomic E-state index is 0.00835. The Morgan fingerprint density at radius 1 is 1.16 bits per heavy atom. The molecule has 1 aliphatic heterocycles. The maximum Gasteiger partial charge on any atom is 0.270 e. The number of nitrogens with one attached hydrogen (secondary N) is 1. The van der Waals surface area contributed by atoms with Crippen molar-refractivity contribution in [1.82, 2.24) is 20.1 Å². The Bertz CT molecular complexity index is 710. The molecular weight excluding hydrogens is 390 g/mol. The first-order valence-corrected chi connectivity index (χ1v) is 11.8. The molecule has 1 fully saturated rings. The number of carbonyl (C=O) groups excluding carboxylic acids is 2. The van der Waals surface area contributed by atoms with Gasteiger partial charge in [0.15, 0.2) is 0 Å². The molecule has 1 aromatic rings. The van der Waals surface area contributed by atoms with Gasteiger partial charge in [0.05, 0.1) is 5.92 Å². The predicted octanol–water partition coefficient (Wildman–Crippen LogP) is 3.02. The average Bonchev–Trinajstić information content (AvgIpc) is 2.77. The third-order valence-electron chi connectivity index (χ3n) is 6.12. The maximum absolute atomic E-state index is 12.8. The Morgan fingerprint density at radius 2 is 1.84 bits per heavy atom. The van der Waals surface area contributed by atoms with E-state index in [1.807, 2.05) is 30.9 Å². The SMILES string of the molecule is CCN(CC)C(=O)C1CCCN(c2cccc(C(=O)NCCN(C(C)C)C(C)C)n2)C1. The van der Waals surface area contributed by atoms with Crippen LogP contribution in [0, 0.1) is 5.92 Å². The molecule has 0 radical (unpaired) electrons. The zero-order valence-electron chi connectivity index (χ0n) is 20.2. The molecule has 7 heteroatoms. The molecule has 1 aliphatic rings. The first-order valence-electron chi connectivity index (χ1n) is 11.8. The Balaban J connectivity index is 1.99. The molecule has 2 amide bonds. The maximum atomic E-state index is 12.8. The smallest absolute Gasteiger partial charge is 0.270 e. The molecule has 2 heterocycles. The zero-order chi connectivity index (χ0) is 23.0. The van der Waals surface area contributed by atoms with Crippen molar-refractivity contribution >= 4 is 17.6 Å². The summed E-state index contributed by atoms with van der Waals surface area (Å²) in [6, 6.07) is 6.43. The van der Waals surface area contributed by atoms with Crippen molar-refractivity contribution in [2.75, 3.05) is 44.2 Å². The number of hydrogen-bond acceptors (Lipinski definition) is 5. The van der Waals surface area contributed by atoms with Crippen LogP contribution in [-0.4, -0.2) is 78.0 Å². The normalized spacial score (nSPS) is 16.8. The second kappa shape index (κ2) is 12.0. The van der Waals surface area contributed by atoms with E-state index in [4.69, 9.17) is 0 Å². The molecule has 174 valence electrons. The molecule has 1 aromatic heterocycles. The van der Waals surface area contributed by atoms with Crippen molar-refractivity contribution in [2.24, 2.45) is 5.92 Å². The lowest BCUT2D eigenvalue weighted by atomic mass is 9.96. The summed E-state index contributed by atoms with van der Waals surface area (Å²) in [4.78, 5) is 36.5. The van der Waals surface area contributed by atoms with E-state index in [1.54, 1.807) is 6.07 Å². The van der Waals surface area contributed by atoms with Crippen LogP contribution in [-0.2, 0) is 4.79 Å². The van der Waals surface area contributed by atoms with E-state index < -0.39 is 0 Å². The molecule has 7 nitrogen and oxygen atoms in total. The van der Waals surface area contributed by atoms with Gasteiger partial charge in [-0.15, -0.1) is 0 Å². The summed E-state index contributed by atoms with van der Waals surface area (Å²) in [5.41, 5.74) is 0.426. The minimum atomic E-state index is -0.151. The number of rotatable bonds is 10. The van der Waals surface area contributed by atoms with Crippen LogP contribution in [0.1, 0.15) is 64.9 Å². The zero-order valence-corrected chi connectivity index (χ0v) is 20.2.